The van der Waals surface area contributed by atoms with Crippen LogP contribution >= 0.6 is 11.3 Å². The molecule has 0 spiro atoms. The fourth-order valence-electron chi connectivity index (χ4n) is 8.14. The van der Waals surface area contributed by atoms with E-state index in [9.17, 15) is 0 Å². The zero-order chi connectivity index (χ0) is 39.1. The van der Waals surface area contributed by atoms with Crippen molar-refractivity contribution in [2.24, 2.45) is 0 Å². The van der Waals surface area contributed by atoms with E-state index in [2.05, 4.69) is 187 Å². The second-order valence-corrected chi connectivity index (χ2v) is 16.4. The normalized spacial score (nSPS) is 15.2. The zero-order valence-corrected chi connectivity index (χ0v) is 33.6. The van der Waals surface area contributed by atoms with Crippen molar-refractivity contribution in [1.29, 1.82) is 0 Å². The van der Waals surface area contributed by atoms with Crippen LogP contribution in [0.3, 0.4) is 0 Å². The van der Waals surface area contributed by atoms with Crippen LogP contribution in [0.2, 0.25) is 0 Å². The topological polar surface area (TPSA) is 0 Å². The summed E-state index contributed by atoms with van der Waals surface area (Å²) in [6, 6.07) is 47.4. The molecule has 8 rings (SSSR count). The third kappa shape index (κ3) is 6.49. The van der Waals surface area contributed by atoms with Crippen LogP contribution in [-0.4, -0.2) is 0 Å². The fourth-order valence-corrected chi connectivity index (χ4v) is 9.41. The average molecular weight is 739 g/mol. The molecule has 0 nitrogen and oxygen atoms in total. The van der Waals surface area contributed by atoms with Gasteiger partial charge in [0.25, 0.3) is 0 Å². The molecular weight excluding hydrogens is 693 g/mol. The lowest BCUT2D eigenvalue weighted by Crippen LogP contribution is -2.21. The first-order valence-corrected chi connectivity index (χ1v) is 20.0. The molecule has 1 heteroatoms. The summed E-state index contributed by atoms with van der Waals surface area (Å²) < 4.78 is 2.68. The molecule has 0 bridgehead atoms. The molecule has 0 aliphatic heterocycles. The summed E-state index contributed by atoms with van der Waals surface area (Å²) in [4.78, 5) is 0. The molecule has 0 saturated carbocycles. The Morgan fingerprint density at radius 3 is 1.98 bits per heavy atom. The van der Waals surface area contributed by atoms with Crippen molar-refractivity contribution in [2.75, 3.05) is 0 Å². The number of fused-ring (bicyclic) bond motifs is 8. The van der Waals surface area contributed by atoms with Gasteiger partial charge in [0.15, 0.2) is 0 Å². The van der Waals surface area contributed by atoms with Crippen LogP contribution in [0.15, 0.2) is 188 Å². The molecule has 1 aliphatic carbocycles. The molecule has 1 heterocycles. The van der Waals surface area contributed by atoms with E-state index in [1.807, 2.05) is 29.5 Å². The molecule has 7 aromatic rings. The molecule has 0 saturated heterocycles. The van der Waals surface area contributed by atoms with E-state index in [-0.39, 0.29) is 5.41 Å². The van der Waals surface area contributed by atoms with Crippen LogP contribution in [0, 0.1) is 0 Å². The largest absolute Gasteiger partial charge is 0.135 e. The third-order valence-corrected chi connectivity index (χ3v) is 12.7. The second-order valence-electron chi connectivity index (χ2n) is 15.4. The molecule has 0 radical (unpaired) electrons. The van der Waals surface area contributed by atoms with E-state index in [1.54, 1.807) is 0 Å². The van der Waals surface area contributed by atoms with Crippen molar-refractivity contribution in [3.63, 3.8) is 0 Å². The van der Waals surface area contributed by atoms with E-state index >= 15 is 0 Å². The molecule has 0 N–H and O–H groups in total. The van der Waals surface area contributed by atoms with Gasteiger partial charge < -0.3 is 0 Å². The minimum absolute atomic E-state index is 0.231. The summed E-state index contributed by atoms with van der Waals surface area (Å²) in [6.45, 7) is 27.0. The van der Waals surface area contributed by atoms with Gasteiger partial charge in [0.05, 0.1) is 0 Å². The predicted molar refractivity (Wildman–Crippen MR) is 250 cm³/mol. The Balaban J connectivity index is 1.20. The van der Waals surface area contributed by atoms with Crippen LogP contribution in [0.5, 0.6) is 0 Å². The summed E-state index contributed by atoms with van der Waals surface area (Å²) in [7, 11) is 0. The lowest BCUT2D eigenvalue weighted by molar-refractivity contribution is 0.669. The van der Waals surface area contributed by atoms with Gasteiger partial charge >= 0.3 is 0 Å². The van der Waals surface area contributed by atoms with E-state index in [4.69, 9.17) is 6.58 Å². The molecule has 0 amide bonds. The van der Waals surface area contributed by atoms with Crippen molar-refractivity contribution in [2.45, 2.75) is 33.1 Å². The van der Waals surface area contributed by atoms with Gasteiger partial charge in [0.1, 0.15) is 0 Å². The highest BCUT2D eigenvalue weighted by molar-refractivity contribution is 7.26. The molecule has 0 fully saturated rings. The van der Waals surface area contributed by atoms with E-state index < -0.39 is 0 Å². The Kier molecular flexibility index (Phi) is 9.66. The van der Waals surface area contributed by atoms with Crippen LogP contribution < -0.4 is 10.4 Å². The Morgan fingerprint density at radius 2 is 1.23 bits per heavy atom. The number of thiophene rings is 1. The zero-order valence-electron chi connectivity index (χ0n) is 32.7. The van der Waals surface area contributed by atoms with Gasteiger partial charge in [0.2, 0.25) is 0 Å². The maximum atomic E-state index is 4.71. The third-order valence-electron chi connectivity index (χ3n) is 11.5. The standard InChI is InChI=1S/C55H46S/c1-35(27-28-37(3)43-21-11-9-10-12-22-44(46-24-16-15-23-45(43)46)39(5)33-42-20-14-13-19-36(42)2)38(4)34-50-40(6)55(7,8)53-48(50)31-29-41-30-32-49-47-25-17-18-26-51(47)56-54(49)52(41)53/h9-34H,2,4-6H2,1,3,7-8H3/b10-9?,11-9?,12-10?,21-11?,22-12?,35-27+,37-28+,42-33-,43-21?,44-22?,45-43?,46-44?,50-34+. The quantitative estimate of drug-likeness (QED) is 0.149. The molecule has 56 heavy (non-hydrogen) atoms. The Hall–Kier alpha value is -6.28. The van der Waals surface area contributed by atoms with Crippen LogP contribution in [0.4, 0.5) is 0 Å². The number of allylic oxidation sites excluding steroid dienone is 9. The van der Waals surface area contributed by atoms with Gasteiger partial charge in [-0.3, -0.25) is 0 Å². The van der Waals surface area contributed by atoms with Crippen LogP contribution in [0.1, 0.15) is 49.9 Å². The molecule has 6 aromatic carbocycles. The molecule has 1 aromatic heterocycles. The first-order chi connectivity index (χ1) is 27.0. The monoisotopic (exact) mass is 738 g/mol. The fraction of sp³-hybridized carbons (Fsp3) is 0.0909. The van der Waals surface area contributed by atoms with Gasteiger partial charge in [-0.2, -0.15) is 0 Å². The minimum Gasteiger partial charge on any atom is -0.135 e. The minimum atomic E-state index is -0.231. The van der Waals surface area contributed by atoms with Crippen molar-refractivity contribution in [3.05, 3.63) is 221 Å². The van der Waals surface area contributed by atoms with Crippen LogP contribution in [-0.2, 0) is 5.41 Å². The maximum absolute atomic E-state index is 4.71. The maximum Gasteiger partial charge on any atom is 0.0437 e. The first kappa shape index (κ1) is 36.7. The van der Waals surface area contributed by atoms with E-state index in [0.717, 1.165) is 60.2 Å². The van der Waals surface area contributed by atoms with Gasteiger partial charge in [-0.25, -0.2) is 0 Å². The lowest BCUT2D eigenvalue weighted by atomic mass is 9.80. The smallest absolute Gasteiger partial charge is 0.0437 e. The van der Waals surface area contributed by atoms with Gasteiger partial charge in [-0.1, -0.05) is 180 Å². The highest BCUT2D eigenvalue weighted by Crippen LogP contribution is 2.54. The van der Waals surface area contributed by atoms with Crippen LogP contribution in [0.25, 0.3) is 71.1 Å². The highest BCUT2D eigenvalue weighted by atomic mass is 32.1. The van der Waals surface area contributed by atoms with Crippen molar-refractivity contribution in [3.8, 4) is 0 Å². The lowest BCUT2D eigenvalue weighted by Gasteiger charge is -2.23. The number of hydrogen-bond donors (Lipinski definition) is 0. The summed E-state index contributed by atoms with van der Waals surface area (Å²) in [6.07, 6.45) is 8.79. The van der Waals surface area contributed by atoms with Crippen molar-refractivity contribution in [1.82, 2.24) is 0 Å². The van der Waals surface area contributed by atoms with Crippen molar-refractivity contribution < 1.29 is 0 Å². The summed E-state index contributed by atoms with van der Waals surface area (Å²) in [5.74, 6) is 0. The molecular formula is C55H46S. The van der Waals surface area contributed by atoms with Gasteiger partial charge in [-0.05, 0) is 114 Å². The number of rotatable bonds is 6. The molecule has 0 unspecified atom stereocenters. The predicted octanol–water partition coefficient (Wildman–Crippen LogP) is 14.2. The van der Waals surface area contributed by atoms with E-state index in [1.165, 1.54) is 47.6 Å². The second kappa shape index (κ2) is 14.8. The SMILES string of the molecule is C=C(/C=C1\C(=C)C(C)(C)c2c1ccc1ccc3c4ccccc4sc3c21)/C(C)=C/C=C(\C)c1ccccccc(C(=C)/C=c2/ccccc2=C)c2ccccc12. The average Bonchev–Trinajstić information content (AvgIpc) is 3.67. The van der Waals surface area contributed by atoms with Gasteiger partial charge in [-0.15, -0.1) is 11.3 Å². The molecule has 272 valence electrons. The summed E-state index contributed by atoms with van der Waals surface area (Å²) in [5, 5.41) is 9.60. The first-order valence-electron chi connectivity index (χ1n) is 19.2. The molecule has 0 atom stereocenters. The summed E-state index contributed by atoms with van der Waals surface area (Å²) in [5.41, 5.74) is 11.1. The highest BCUT2D eigenvalue weighted by Gasteiger charge is 2.39. The van der Waals surface area contributed by atoms with Crippen molar-refractivity contribution >= 4 is 82.4 Å². The number of benzene rings is 5. The Morgan fingerprint density at radius 1 is 0.607 bits per heavy atom. The molecule has 1 aliphatic rings. The Labute approximate surface area is 334 Å². The van der Waals surface area contributed by atoms with E-state index in [0.29, 0.717) is 0 Å². The van der Waals surface area contributed by atoms with Gasteiger partial charge in [0, 0.05) is 31.0 Å². The Bertz CT molecular complexity index is 3080. The number of hydrogen-bond acceptors (Lipinski definition) is 1. The summed E-state index contributed by atoms with van der Waals surface area (Å²) >= 11 is 1.90.